The fourth-order valence-electron chi connectivity index (χ4n) is 2.06. The first kappa shape index (κ1) is 16.0. The standard InChI is InChI=1S/C16H17N3O2S/c1-11-4-6-13(7-5-11)10-19-12(2)14(22-16(19)21)15(20)18-9-3-8-17/h4-7H,3,9-10H2,1-2H3,(H,18,20). The Kier molecular flexibility index (Phi) is 5.12. The lowest BCUT2D eigenvalue weighted by molar-refractivity contribution is 0.0957. The van der Waals surface area contributed by atoms with Crippen molar-refractivity contribution >= 4 is 17.2 Å². The molecule has 114 valence electrons. The van der Waals surface area contributed by atoms with E-state index in [0.29, 0.717) is 23.7 Å². The average Bonchev–Trinajstić information content (AvgIpc) is 2.78. The second kappa shape index (κ2) is 7.05. The molecular weight excluding hydrogens is 298 g/mol. The molecule has 0 aliphatic rings. The third-order valence-corrected chi connectivity index (χ3v) is 4.41. The van der Waals surface area contributed by atoms with E-state index in [1.54, 1.807) is 11.5 Å². The predicted octanol–water partition coefficient (Wildman–Crippen LogP) is 2.22. The molecule has 2 aromatic rings. The largest absolute Gasteiger partial charge is 0.350 e. The van der Waals surface area contributed by atoms with Crippen LogP contribution in [0.2, 0.25) is 0 Å². The number of benzene rings is 1. The second-order valence-corrected chi connectivity index (χ2v) is 5.98. The minimum absolute atomic E-state index is 0.150. The van der Waals surface area contributed by atoms with Crippen LogP contribution >= 0.6 is 11.3 Å². The van der Waals surface area contributed by atoms with Crippen LogP contribution in [-0.2, 0) is 6.54 Å². The zero-order chi connectivity index (χ0) is 16.1. The van der Waals surface area contributed by atoms with Gasteiger partial charge in [-0.15, -0.1) is 0 Å². The van der Waals surface area contributed by atoms with Gasteiger partial charge in [-0.3, -0.25) is 14.2 Å². The summed E-state index contributed by atoms with van der Waals surface area (Å²) in [5.74, 6) is -0.294. The molecule has 1 aromatic carbocycles. The lowest BCUT2D eigenvalue weighted by atomic mass is 10.1. The van der Waals surface area contributed by atoms with Crippen LogP contribution in [-0.4, -0.2) is 17.0 Å². The van der Waals surface area contributed by atoms with E-state index in [0.717, 1.165) is 22.5 Å². The summed E-state index contributed by atoms with van der Waals surface area (Å²) in [5, 5.41) is 11.1. The Bertz CT molecular complexity index is 766. The highest BCUT2D eigenvalue weighted by atomic mass is 32.1. The summed E-state index contributed by atoms with van der Waals surface area (Å²) in [6, 6.07) is 9.92. The van der Waals surface area contributed by atoms with E-state index in [1.165, 1.54) is 0 Å². The summed E-state index contributed by atoms with van der Waals surface area (Å²) in [6.07, 6.45) is 0.254. The summed E-state index contributed by atoms with van der Waals surface area (Å²) in [6.45, 7) is 4.52. The minimum Gasteiger partial charge on any atom is -0.350 e. The molecule has 6 heteroatoms. The molecule has 0 radical (unpaired) electrons. The van der Waals surface area contributed by atoms with Crippen molar-refractivity contribution in [3.63, 3.8) is 0 Å². The Labute approximate surface area is 132 Å². The number of nitriles is 1. The van der Waals surface area contributed by atoms with Crippen LogP contribution in [0.3, 0.4) is 0 Å². The van der Waals surface area contributed by atoms with E-state index in [1.807, 2.05) is 37.3 Å². The van der Waals surface area contributed by atoms with Crippen LogP contribution in [0, 0.1) is 25.2 Å². The highest BCUT2D eigenvalue weighted by Gasteiger charge is 2.17. The molecular formula is C16H17N3O2S. The van der Waals surface area contributed by atoms with Gasteiger partial charge in [0.1, 0.15) is 4.88 Å². The Morgan fingerprint density at radius 2 is 2.00 bits per heavy atom. The summed E-state index contributed by atoms with van der Waals surface area (Å²) in [4.78, 5) is 24.4. The number of carbonyl (C=O) groups excluding carboxylic acids is 1. The van der Waals surface area contributed by atoms with E-state index >= 15 is 0 Å². The van der Waals surface area contributed by atoms with Gasteiger partial charge in [0.2, 0.25) is 0 Å². The van der Waals surface area contributed by atoms with E-state index < -0.39 is 0 Å². The highest BCUT2D eigenvalue weighted by molar-refractivity contribution is 7.11. The van der Waals surface area contributed by atoms with E-state index in [4.69, 9.17) is 5.26 Å². The number of carbonyl (C=O) groups is 1. The van der Waals surface area contributed by atoms with Gasteiger partial charge in [-0.05, 0) is 19.4 Å². The van der Waals surface area contributed by atoms with Gasteiger partial charge in [-0.1, -0.05) is 41.2 Å². The van der Waals surface area contributed by atoms with E-state index in [2.05, 4.69) is 5.32 Å². The van der Waals surface area contributed by atoms with Crippen LogP contribution in [0.5, 0.6) is 0 Å². The third-order valence-electron chi connectivity index (χ3n) is 3.33. The first-order valence-electron chi connectivity index (χ1n) is 6.94. The molecule has 1 N–H and O–H groups in total. The Morgan fingerprint density at radius 1 is 1.32 bits per heavy atom. The summed E-state index contributed by atoms with van der Waals surface area (Å²) >= 11 is 0.942. The second-order valence-electron chi connectivity index (χ2n) is 5.02. The first-order chi connectivity index (χ1) is 10.5. The summed E-state index contributed by atoms with van der Waals surface area (Å²) in [7, 11) is 0. The number of rotatable bonds is 5. The van der Waals surface area contributed by atoms with Crippen molar-refractivity contribution in [3.05, 3.63) is 55.6 Å². The molecule has 0 saturated carbocycles. The maximum Gasteiger partial charge on any atom is 0.308 e. The zero-order valence-corrected chi connectivity index (χ0v) is 13.4. The van der Waals surface area contributed by atoms with Gasteiger partial charge >= 0.3 is 4.87 Å². The molecule has 2 rings (SSSR count). The molecule has 0 atom stereocenters. The Morgan fingerprint density at radius 3 is 2.64 bits per heavy atom. The normalized spacial score (nSPS) is 10.2. The molecule has 0 aliphatic heterocycles. The number of aromatic nitrogens is 1. The number of hydrogen-bond acceptors (Lipinski definition) is 4. The molecule has 22 heavy (non-hydrogen) atoms. The molecule has 0 saturated heterocycles. The maximum absolute atomic E-state index is 12.1. The number of amides is 1. The maximum atomic E-state index is 12.1. The van der Waals surface area contributed by atoms with Crippen molar-refractivity contribution in [2.75, 3.05) is 6.54 Å². The molecule has 0 spiro atoms. The number of aryl methyl sites for hydroxylation is 1. The zero-order valence-electron chi connectivity index (χ0n) is 12.5. The highest BCUT2D eigenvalue weighted by Crippen LogP contribution is 2.14. The lowest BCUT2D eigenvalue weighted by Crippen LogP contribution is -2.24. The Hall–Kier alpha value is -2.39. The van der Waals surface area contributed by atoms with Crippen LogP contribution in [0.15, 0.2) is 29.1 Å². The van der Waals surface area contributed by atoms with Gasteiger partial charge in [0.05, 0.1) is 19.0 Å². The number of nitrogens with zero attached hydrogens (tertiary/aromatic N) is 2. The van der Waals surface area contributed by atoms with Crippen molar-refractivity contribution < 1.29 is 4.79 Å². The molecule has 0 unspecified atom stereocenters. The van der Waals surface area contributed by atoms with Gasteiger partial charge in [0.25, 0.3) is 5.91 Å². The monoisotopic (exact) mass is 315 g/mol. The molecule has 5 nitrogen and oxygen atoms in total. The molecule has 1 heterocycles. The van der Waals surface area contributed by atoms with Crippen molar-refractivity contribution in [2.45, 2.75) is 26.8 Å². The van der Waals surface area contributed by atoms with Crippen LogP contribution < -0.4 is 10.2 Å². The van der Waals surface area contributed by atoms with Crippen molar-refractivity contribution in [3.8, 4) is 6.07 Å². The third kappa shape index (κ3) is 3.62. The minimum atomic E-state index is -0.294. The Balaban J connectivity index is 2.20. The molecule has 0 aliphatic carbocycles. The van der Waals surface area contributed by atoms with Crippen molar-refractivity contribution in [1.29, 1.82) is 5.26 Å². The molecule has 0 fully saturated rings. The quantitative estimate of drug-likeness (QED) is 0.860. The SMILES string of the molecule is Cc1ccc(Cn2c(C)c(C(=O)NCCC#N)sc2=O)cc1. The van der Waals surface area contributed by atoms with Crippen LogP contribution in [0.4, 0.5) is 0 Å². The van der Waals surface area contributed by atoms with Crippen LogP contribution in [0.1, 0.15) is 32.9 Å². The number of thiazole rings is 1. The smallest absolute Gasteiger partial charge is 0.308 e. The molecule has 0 bridgehead atoms. The fraction of sp³-hybridized carbons (Fsp3) is 0.312. The van der Waals surface area contributed by atoms with Gasteiger partial charge in [-0.2, -0.15) is 5.26 Å². The molecule has 1 aromatic heterocycles. The van der Waals surface area contributed by atoms with E-state index in [-0.39, 0.29) is 17.2 Å². The number of nitrogens with one attached hydrogen (secondary N) is 1. The summed E-state index contributed by atoms with van der Waals surface area (Å²) < 4.78 is 1.61. The number of hydrogen-bond donors (Lipinski definition) is 1. The van der Waals surface area contributed by atoms with Gasteiger partial charge in [-0.25, -0.2) is 0 Å². The summed E-state index contributed by atoms with van der Waals surface area (Å²) in [5.41, 5.74) is 2.84. The van der Waals surface area contributed by atoms with Crippen molar-refractivity contribution in [2.24, 2.45) is 0 Å². The topological polar surface area (TPSA) is 74.9 Å². The average molecular weight is 315 g/mol. The van der Waals surface area contributed by atoms with Gasteiger partial charge < -0.3 is 5.32 Å². The molecule has 1 amide bonds. The fourth-order valence-corrected chi connectivity index (χ4v) is 2.97. The van der Waals surface area contributed by atoms with Gasteiger partial charge in [0, 0.05) is 12.2 Å². The lowest BCUT2D eigenvalue weighted by Gasteiger charge is -2.06. The van der Waals surface area contributed by atoms with Crippen molar-refractivity contribution in [1.82, 2.24) is 9.88 Å². The van der Waals surface area contributed by atoms with Crippen LogP contribution in [0.25, 0.3) is 0 Å². The predicted molar refractivity (Wildman–Crippen MR) is 86.2 cm³/mol. The van der Waals surface area contributed by atoms with E-state index in [9.17, 15) is 9.59 Å². The first-order valence-corrected chi connectivity index (χ1v) is 7.75. The van der Waals surface area contributed by atoms with Gasteiger partial charge in [0.15, 0.2) is 0 Å².